The van der Waals surface area contributed by atoms with Gasteiger partial charge >= 0.3 is 0 Å². The van der Waals surface area contributed by atoms with Crippen LogP contribution < -0.4 is 11.1 Å². The monoisotopic (exact) mass is 251 g/mol. The van der Waals surface area contributed by atoms with Crippen molar-refractivity contribution in [3.05, 3.63) is 16.0 Å². The van der Waals surface area contributed by atoms with Crippen LogP contribution in [0.3, 0.4) is 0 Å². The number of hydrogen-bond acceptors (Lipinski definition) is 4. The summed E-state index contributed by atoms with van der Waals surface area (Å²) in [6, 6.07) is 2.13. The van der Waals surface area contributed by atoms with Crippen molar-refractivity contribution in [2.45, 2.75) is 27.2 Å². The summed E-state index contributed by atoms with van der Waals surface area (Å²) in [6.45, 7) is 6.25. The van der Waals surface area contributed by atoms with Gasteiger partial charge in [0.2, 0.25) is 5.91 Å². The van der Waals surface area contributed by atoms with Crippen LogP contribution in [0.2, 0.25) is 0 Å². The Morgan fingerprint density at radius 3 is 2.76 bits per heavy atom. The Hall–Kier alpha value is -1.38. The zero-order chi connectivity index (χ0) is 13.0. The minimum atomic E-state index is -0.0827. The topological polar surface area (TPSA) is 78.9 Å². The van der Waals surface area contributed by atoms with Crippen molar-refractivity contribution < 1.29 is 4.79 Å². The summed E-state index contributed by atoms with van der Waals surface area (Å²) in [4.78, 5) is 12.8. The smallest absolute Gasteiger partial charge is 0.225 e. The van der Waals surface area contributed by atoms with E-state index in [0.29, 0.717) is 23.5 Å². The second-order valence-electron chi connectivity index (χ2n) is 4.19. The van der Waals surface area contributed by atoms with Crippen molar-refractivity contribution in [2.75, 3.05) is 11.9 Å². The zero-order valence-electron chi connectivity index (χ0n) is 10.3. The third-order valence-corrected chi connectivity index (χ3v) is 3.81. The highest BCUT2D eigenvalue weighted by molar-refractivity contribution is 7.16. The van der Waals surface area contributed by atoms with Crippen molar-refractivity contribution in [1.82, 2.24) is 0 Å². The van der Waals surface area contributed by atoms with E-state index in [1.807, 2.05) is 20.8 Å². The average molecular weight is 251 g/mol. The molecule has 0 bridgehead atoms. The van der Waals surface area contributed by atoms with E-state index in [1.54, 1.807) is 0 Å². The number of thiophene rings is 1. The summed E-state index contributed by atoms with van der Waals surface area (Å²) in [5.41, 5.74) is 6.98. The van der Waals surface area contributed by atoms with Gasteiger partial charge in [-0.15, -0.1) is 11.3 Å². The summed E-state index contributed by atoms with van der Waals surface area (Å²) >= 11 is 1.44. The number of nitrogens with zero attached hydrogens (tertiary/aromatic N) is 1. The number of anilines is 1. The van der Waals surface area contributed by atoms with Crippen molar-refractivity contribution in [3.63, 3.8) is 0 Å². The van der Waals surface area contributed by atoms with Crippen LogP contribution in [0, 0.1) is 31.1 Å². The number of rotatable bonds is 4. The number of aryl methyl sites for hydroxylation is 1. The fourth-order valence-corrected chi connectivity index (χ4v) is 2.45. The molecule has 0 aliphatic carbocycles. The van der Waals surface area contributed by atoms with Crippen LogP contribution in [0.1, 0.15) is 29.3 Å². The minimum Gasteiger partial charge on any atom is -0.330 e. The van der Waals surface area contributed by atoms with Gasteiger partial charge in [0.25, 0.3) is 0 Å². The van der Waals surface area contributed by atoms with Gasteiger partial charge < -0.3 is 11.1 Å². The Morgan fingerprint density at radius 1 is 1.59 bits per heavy atom. The molecule has 1 atom stereocenters. The lowest BCUT2D eigenvalue weighted by atomic mass is 10.1. The van der Waals surface area contributed by atoms with Gasteiger partial charge in [-0.1, -0.05) is 6.92 Å². The molecule has 0 aliphatic heterocycles. The molecule has 1 aromatic heterocycles. The number of amides is 1. The van der Waals surface area contributed by atoms with Gasteiger partial charge in [0.15, 0.2) is 0 Å². The highest BCUT2D eigenvalue weighted by Crippen LogP contribution is 2.31. The predicted molar refractivity (Wildman–Crippen MR) is 70.0 cm³/mol. The van der Waals surface area contributed by atoms with Crippen molar-refractivity contribution >= 4 is 22.2 Å². The second-order valence-corrected chi connectivity index (χ2v) is 5.42. The average Bonchev–Trinajstić information content (AvgIpc) is 2.53. The van der Waals surface area contributed by atoms with Crippen LogP contribution in [0.4, 0.5) is 5.00 Å². The molecule has 1 amide bonds. The Kier molecular flexibility index (Phi) is 4.67. The van der Waals surface area contributed by atoms with Crippen LogP contribution in [0.25, 0.3) is 0 Å². The largest absolute Gasteiger partial charge is 0.330 e. The first kappa shape index (κ1) is 13.7. The molecular weight excluding hydrogens is 234 g/mol. The number of hydrogen-bond donors (Lipinski definition) is 2. The maximum atomic E-state index is 11.7. The van der Waals surface area contributed by atoms with Gasteiger partial charge in [-0.25, -0.2) is 0 Å². The molecule has 3 N–H and O–H groups in total. The zero-order valence-corrected chi connectivity index (χ0v) is 11.1. The van der Waals surface area contributed by atoms with E-state index in [2.05, 4.69) is 11.4 Å². The normalized spacial score (nSPS) is 11.9. The van der Waals surface area contributed by atoms with Crippen LogP contribution in [0.15, 0.2) is 0 Å². The van der Waals surface area contributed by atoms with Gasteiger partial charge in [0.1, 0.15) is 11.1 Å². The molecule has 1 heterocycles. The molecule has 0 saturated heterocycles. The second kappa shape index (κ2) is 5.80. The third-order valence-electron chi connectivity index (χ3n) is 2.69. The summed E-state index contributed by atoms with van der Waals surface area (Å²) < 4.78 is 0. The quantitative estimate of drug-likeness (QED) is 0.860. The van der Waals surface area contributed by atoms with E-state index in [9.17, 15) is 4.79 Å². The van der Waals surface area contributed by atoms with E-state index >= 15 is 0 Å². The molecule has 5 heteroatoms. The van der Waals surface area contributed by atoms with Gasteiger partial charge in [-0.2, -0.15) is 5.26 Å². The molecule has 92 valence electrons. The van der Waals surface area contributed by atoms with Gasteiger partial charge in [0, 0.05) is 11.3 Å². The minimum absolute atomic E-state index is 0.0827. The van der Waals surface area contributed by atoms with E-state index in [-0.39, 0.29) is 11.8 Å². The Balaban J connectivity index is 2.79. The van der Waals surface area contributed by atoms with Gasteiger partial charge in [-0.3, -0.25) is 4.79 Å². The number of nitrogens with one attached hydrogen (secondary N) is 1. The number of carbonyl (C=O) groups excluding carboxylic acids is 1. The first-order valence-electron chi connectivity index (χ1n) is 5.49. The first-order valence-corrected chi connectivity index (χ1v) is 6.31. The van der Waals surface area contributed by atoms with E-state index < -0.39 is 0 Å². The van der Waals surface area contributed by atoms with Crippen molar-refractivity contribution in [1.29, 1.82) is 5.26 Å². The van der Waals surface area contributed by atoms with Gasteiger partial charge in [-0.05, 0) is 31.9 Å². The maximum absolute atomic E-state index is 11.7. The van der Waals surface area contributed by atoms with Crippen LogP contribution in [-0.4, -0.2) is 12.5 Å². The Labute approximate surface area is 105 Å². The van der Waals surface area contributed by atoms with E-state index in [1.165, 1.54) is 11.3 Å². The lowest BCUT2D eigenvalue weighted by molar-refractivity contribution is -0.116. The van der Waals surface area contributed by atoms with Crippen LogP contribution in [0.5, 0.6) is 0 Å². The molecular formula is C12H17N3OS. The summed E-state index contributed by atoms with van der Waals surface area (Å²) in [5.74, 6) is 0.0726. The highest BCUT2D eigenvalue weighted by atomic mass is 32.1. The maximum Gasteiger partial charge on any atom is 0.225 e. The fourth-order valence-electron chi connectivity index (χ4n) is 1.43. The predicted octanol–water partition coefficient (Wildman–Crippen LogP) is 2.16. The molecule has 1 rings (SSSR count). The van der Waals surface area contributed by atoms with Crippen molar-refractivity contribution in [2.24, 2.45) is 11.7 Å². The lowest BCUT2D eigenvalue weighted by Gasteiger charge is -2.07. The lowest BCUT2D eigenvalue weighted by Crippen LogP contribution is -2.20. The standard InChI is InChI=1S/C12H17N3OS/c1-7(5-13)4-11(16)15-12-10(6-14)8(2)9(3)17-12/h7H,4-5,13H2,1-3H3,(H,15,16). The van der Waals surface area contributed by atoms with Crippen LogP contribution in [-0.2, 0) is 4.79 Å². The third kappa shape index (κ3) is 3.29. The molecule has 0 spiro atoms. The molecule has 0 aliphatic rings. The van der Waals surface area contributed by atoms with E-state index in [4.69, 9.17) is 11.0 Å². The molecule has 17 heavy (non-hydrogen) atoms. The molecule has 0 aromatic carbocycles. The molecule has 1 aromatic rings. The Bertz CT molecular complexity index is 459. The molecule has 4 nitrogen and oxygen atoms in total. The highest BCUT2D eigenvalue weighted by Gasteiger charge is 2.15. The molecule has 0 saturated carbocycles. The van der Waals surface area contributed by atoms with Crippen LogP contribution >= 0.6 is 11.3 Å². The summed E-state index contributed by atoms with van der Waals surface area (Å²) in [6.07, 6.45) is 0.386. The molecule has 1 unspecified atom stereocenters. The van der Waals surface area contributed by atoms with E-state index in [0.717, 1.165) is 10.4 Å². The van der Waals surface area contributed by atoms with Crippen molar-refractivity contribution in [3.8, 4) is 6.07 Å². The summed E-state index contributed by atoms with van der Waals surface area (Å²) in [7, 11) is 0. The first-order chi connectivity index (χ1) is 7.99. The number of nitrogens with two attached hydrogens (primary N) is 1. The number of carbonyl (C=O) groups is 1. The fraction of sp³-hybridized carbons (Fsp3) is 0.500. The Morgan fingerprint density at radius 2 is 2.24 bits per heavy atom. The summed E-state index contributed by atoms with van der Waals surface area (Å²) in [5, 5.41) is 12.5. The molecule has 0 radical (unpaired) electrons. The molecule has 0 fully saturated rings. The van der Waals surface area contributed by atoms with Gasteiger partial charge in [0.05, 0.1) is 5.56 Å². The number of nitriles is 1. The SMILES string of the molecule is Cc1sc(NC(=O)CC(C)CN)c(C#N)c1C.